The third kappa shape index (κ3) is 4.78. The molecule has 0 aliphatic rings. The topological polar surface area (TPSA) is 34.2 Å². The molecular formula is C15H19ClN2OS. The Hall–Kier alpha value is -1.10. The molecule has 5 heteroatoms. The van der Waals surface area contributed by atoms with Crippen molar-refractivity contribution in [2.45, 2.75) is 26.3 Å². The summed E-state index contributed by atoms with van der Waals surface area (Å²) < 4.78 is 5.69. The Morgan fingerprint density at radius 2 is 2.25 bits per heavy atom. The zero-order chi connectivity index (χ0) is 14.2. The lowest BCUT2D eigenvalue weighted by Gasteiger charge is -2.09. The Morgan fingerprint density at radius 3 is 3.00 bits per heavy atom. The number of hydrogen-bond donors (Lipinski definition) is 1. The highest BCUT2D eigenvalue weighted by atomic mass is 35.5. The highest BCUT2D eigenvalue weighted by molar-refractivity contribution is 7.09. The SMILES string of the molecule is CCCNCc1nc(OCCc2cccs2)ccc1Cl. The maximum atomic E-state index is 6.13. The fraction of sp³-hybridized carbons (Fsp3) is 0.400. The number of nitrogens with one attached hydrogen (secondary N) is 1. The summed E-state index contributed by atoms with van der Waals surface area (Å²) >= 11 is 7.88. The molecule has 2 aromatic rings. The lowest BCUT2D eigenvalue weighted by Crippen LogP contribution is -2.15. The number of hydrogen-bond acceptors (Lipinski definition) is 4. The monoisotopic (exact) mass is 310 g/mol. The highest BCUT2D eigenvalue weighted by Crippen LogP contribution is 2.18. The van der Waals surface area contributed by atoms with Gasteiger partial charge in [-0.25, -0.2) is 4.98 Å². The second-order valence-corrected chi connectivity index (χ2v) is 5.87. The van der Waals surface area contributed by atoms with Crippen molar-refractivity contribution in [2.24, 2.45) is 0 Å². The maximum absolute atomic E-state index is 6.13. The van der Waals surface area contributed by atoms with Crippen LogP contribution in [0.5, 0.6) is 5.88 Å². The Morgan fingerprint density at radius 1 is 1.35 bits per heavy atom. The standard InChI is InChI=1S/C15H19ClN2OS/c1-2-8-17-11-14-13(16)5-6-15(18-14)19-9-7-12-4-3-10-20-12/h3-6,10,17H,2,7-9,11H2,1H3. The summed E-state index contributed by atoms with van der Waals surface area (Å²) in [6.45, 7) is 4.40. The fourth-order valence-corrected chi connectivity index (χ4v) is 2.63. The number of halogens is 1. The predicted octanol–water partition coefficient (Wildman–Crippen LogP) is 3.92. The molecule has 0 aliphatic heterocycles. The normalized spacial score (nSPS) is 10.7. The number of pyridine rings is 1. The molecule has 2 heterocycles. The molecule has 0 bridgehead atoms. The minimum absolute atomic E-state index is 0.636. The number of ether oxygens (including phenoxy) is 1. The second-order valence-electron chi connectivity index (χ2n) is 4.43. The van der Waals surface area contributed by atoms with E-state index in [9.17, 15) is 0 Å². The van der Waals surface area contributed by atoms with Gasteiger partial charge in [0.15, 0.2) is 0 Å². The molecular weight excluding hydrogens is 292 g/mol. The van der Waals surface area contributed by atoms with Crippen LogP contribution in [0.15, 0.2) is 29.6 Å². The molecule has 3 nitrogen and oxygen atoms in total. The van der Waals surface area contributed by atoms with Crippen LogP contribution < -0.4 is 10.1 Å². The lowest BCUT2D eigenvalue weighted by molar-refractivity contribution is 0.309. The summed E-state index contributed by atoms with van der Waals surface area (Å²) in [6.07, 6.45) is 2.00. The van der Waals surface area contributed by atoms with E-state index in [0.29, 0.717) is 24.1 Å². The van der Waals surface area contributed by atoms with E-state index in [-0.39, 0.29) is 0 Å². The number of thiophene rings is 1. The molecule has 0 radical (unpaired) electrons. The van der Waals surface area contributed by atoms with Gasteiger partial charge in [-0.3, -0.25) is 0 Å². The highest BCUT2D eigenvalue weighted by Gasteiger charge is 2.05. The van der Waals surface area contributed by atoms with Crippen LogP contribution in [0, 0.1) is 0 Å². The van der Waals surface area contributed by atoms with Gasteiger partial charge < -0.3 is 10.1 Å². The van der Waals surface area contributed by atoms with Crippen molar-refractivity contribution in [1.29, 1.82) is 0 Å². The summed E-state index contributed by atoms with van der Waals surface area (Å²) in [5, 5.41) is 6.05. The average molecular weight is 311 g/mol. The Kier molecular flexibility index (Phi) is 6.30. The largest absolute Gasteiger partial charge is 0.477 e. The van der Waals surface area contributed by atoms with Crippen molar-refractivity contribution >= 4 is 22.9 Å². The van der Waals surface area contributed by atoms with Gasteiger partial charge in [-0.1, -0.05) is 24.6 Å². The van der Waals surface area contributed by atoms with Gasteiger partial charge in [0.05, 0.1) is 17.3 Å². The van der Waals surface area contributed by atoms with Crippen molar-refractivity contribution < 1.29 is 4.74 Å². The molecule has 0 saturated carbocycles. The summed E-state index contributed by atoms with van der Waals surface area (Å²) in [4.78, 5) is 5.77. The van der Waals surface area contributed by atoms with E-state index in [2.05, 4.69) is 34.7 Å². The molecule has 1 N–H and O–H groups in total. The molecule has 0 fully saturated rings. The van der Waals surface area contributed by atoms with E-state index in [1.54, 1.807) is 11.3 Å². The molecule has 0 saturated heterocycles. The van der Waals surface area contributed by atoms with Gasteiger partial charge in [0, 0.05) is 23.9 Å². The summed E-state index contributed by atoms with van der Waals surface area (Å²) in [6, 6.07) is 7.83. The van der Waals surface area contributed by atoms with Gasteiger partial charge in [-0.2, -0.15) is 0 Å². The first-order valence-electron chi connectivity index (χ1n) is 6.81. The van der Waals surface area contributed by atoms with Crippen molar-refractivity contribution in [2.75, 3.05) is 13.2 Å². The van der Waals surface area contributed by atoms with Crippen LogP contribution in [0.3, 0.4) is 0 Å². The first-order valence-corrected chi connectivity index (χ1v) is 8.06. The second kappa shape index (κ2) is 8.25. The summed E-state index contributed by atoms with van der Waals surface area (Å²) in [5.41, 5.74) is 0.841. The van der Waals surface area contributed by atoms with Gasteiger partial charge in [-0.15, -0.1) is 11.3 Å². The zero-order valence-corrected chi connectivity index (χ0v) is 13.1. The summed E-state index contributed by atoms with van der Waals surface area (Å²) in [5.74, 6) is 0.638. The molecule has 0 aromatic carbocycles. The van der Waals surface area contributed by atoms with Gasteiger partial charge in [0.1, 0.15) is 0 Å². The van der Waals surface area contributed by atoms with Crippen LogP contribution in [-0.2, 0) is 13.0 Å². The van der Waals surface area contributed by atoms with Crippen LogP contribution in [0.4, 0.5) is 0 Å². The van der Waals surface area contributed by atoms with Gasteiger partial charge >= 0.3 is 0 Å². The van der Waals surface area contributed by atoms with Crippen molar-refractivity contribution in [3.63, 3.8) is 0 Å². The molecule has 2 rings (SSSR count). The van der Waals surface area contributed by atoms with Crippen LogP contribution in [-0.4, -0.2) is 18.1 Å². The average Bonchev–Trinajstić information content (AvgIpc) is 2.95. The van der Waals surface area contributed by atoms with Gasteiger partial charge in [0.25, 0.3) is 0 Å². The molecule has 2 aromatic heterocycles. The third-order valence-corrected chi connectivity index (χ3v) is 4.07. The van der Waals surface area contributed by atoms with E-state index < -0.39 is 0 Å². The third-order valence-electron chi connectivity index (χ3n) is 2.79. The van der Waals surface area contributed by atoms with E-state index in [0.717, 1.165) is 25.1 Å². The minimum Gasteiger partial charge on any atom is -0.477 e. The van der Waals surface area contributed by atoms with Crippen molar-refractivity contribution in [3.8, 4) is 5.88 Å². The molecule has 0 unspecified atom stereocenters. The molecule has 0 spiro atoms. The molecule has 20 heavy (non-hydrogen) atoms. The number of rotatable bonds is 8. The fourth-order valence-electron chi connectivity index (χ4n) is 1.76. The lowest BCUT2D eigenvalue weighted by atomic mass is 10.3. The Balaban J connectivity index is 1.86. The van der Waals surface area contributed by atoms with Crippen LogP contribution in [0.2, 0.25) is 5.02 Å². The predicted molar refractivity (Wildman–Crippen MR) is 84.8 cm³/mol. The molecule has 108 valence electrons. The Labute approximate surface area is 129 Å². The van der Waals surface area contributed by atoms with Crippen molar-refractivity contribution in [1.82, 2.24) is 10.3 Å². The number of aromatic nitrogens is 1. The quantitative estimate of drug-likeness (QED) is 0.750. The van der Waals surface area contributed by atoms with Crippen LogP contribution in [0.25, 0.3) is 0 Å². The summed E-state index contributed by atoms with van der Waals surface area (Å²) in [7, 11) is 0. The van der Waals surface area contributed by atoms with Crippen LogP contribution in [0.1, 0.15) is 23.9 Å². The first-order chi connectivity index (χ1) is 9.79. The Bertz CT molecular complexity index is 517. The number of nitrogens with zero attached hydrogens (tertiary/aromatic N) is 1. The molecule has 0 atom stereocenters. The van der Waals surface area contributed by atoms with E-state index in [4.69, 9.17) is 16.3 Å². The van der Waals surface area contributed by atoms with Crippen LogP contribution >= 0.6 is 22.9 Å². The smallest absolute Gasteiger partial charge is 0.213 e. The van der Waals surface area contributed by atoms with E-state index in [1.165, 1.54) is 4.88 Å². The van der Waals surface area contributed by atoms with E-state index >= 15 is 0 Å². The first kappa shape index (κ1) is 15.3. The van der Waals surface area contributed by atoms with E-state index in [1.807, 2.05) is 12.1 Å². The maximum Gasteiger partial charge on any atom is 0.213 e. The zero-order valence-electron chi connectivity index (χ0n) is 11.6. The molecule has 0 amide bonds. The van der Waals surface area contributed by atoms with Crippen molar-refractivity contribution in [3.05, 3.63) is 45.2 Å². The minimum atomic E-state index is 0.636. The van der Waals surface area contributed by atoms with Gasteiger partial charge in [0.2, 0.25) is 5.88 Å². The molecule has 0 aliphatic carbocycles. The van der Waals surface area contributed by atoms with Gasteiger partial charge in [-0.05, 0) is 30.5 Å².